The Hall–Kier alpha value is -2.91. The largest absolute Gasteiger partial charge is 0.522 e. The van der Waals surface area contributed by atoms with Crippen LogP contribution in [0.5, 0.6) is 0 Å². The number of alkyl halides is 6. The van der Waals surface area contributed by atoms with Gasteiger partial charge in [-0.15, -0.1) is 13.2 Å². The third kappa shape index (κ3) is 7.43. The number of ketones is 1. The van der Waals surface area contributed by atoms with Crippen molar-refractivity contribution in [2.45, 2.75) is 95.0 Å². The molecular weight excluding hydrogens is 554 g/mol. The predicted octanol–water partition coefficient (Wildman–Crippen LogP) is 1.72. The number of Topliss-reactive ketones (excluding diaryl/α,β-unsaturated/α-hetero) is 1. The smallest absolute Gasteiger partial charge is 0.356 e. The summed E-state index contributed by atoms with van der Waals surface area (Å²) in [7, 11) is 0. The summed E-state index contributed by atoms with van der Waals surface area (Å²) >= 11 is 0. The maximum Gasteiger partial charge on any atom is 0.522 e. The monoisotopic (exact) mass is 586 g/mol. The maximum atomic E-state index is 13.4. The van der Waals surface area contributed by atoms with Gasteiger partial charge in [0.1, 0.15) is 18.2 Å². The van der Waals surface area contributed by atoms with Crippen LogP contribution in [0, 0.1) is 11.8 Å². The molecule has 2 heterocycles. The van der Waals surface area contributed by atoms with Crippen molar-refractivity contribution in [1.82, 2.24) is 20.9 Å². The van der Waals surface area contributed by atoms with E-state index in [4.69, 9.17) is 0 Å². The number of halogens is 6. The van der Waals surface area contributed by atoms with E-state index in [9.17, 15) is 50.3 Å². The van der Waals surface area contributed by atoms with Crippen LogP contribution >= 0.6 is 0 Å². The number of likely N-dealkylation sites (tertiary alicyclic amines) is 1. The Kier molecular flexibility index (Phi) is 9.41. The molecule has 2 saturated heterocycles. The number of ether oxygens (including phenoxy) is 1. The highest BCUT2D eigenvalue weighted by molar-refractivity contribution is 6.35. The summed E-state index contributed by atoms with van der Waals surface area (Å²) in [6.07, 6.45) is -7.65. The van der Waals surface area contributed by atoms with Gasteiger partial charge in [0.05, 0.1) is 6.04 Å². The number of carbonyl (C=O) groups is 5. The highest BCUT2D eigenvalue weighted by Crippen LogP contribution is 2.40. The Labute approximate surface area is 225 Å². The fourth-order valence-corrected chi connectivity index (χ4v) is 5.46. The average Bonchev–Trinajstić information content (AvgIpc) is 3.43. The molecule has 40 heavy (non-hydrogen) atoms. The summed E-state index contributed by atoms with van der Waals surface area (Å²) in [5.74, 6) is -6.53. The van der Waals surface area contributed by atoms with Crippen molar-refractivity contribution < 1.29 is 55.1 Å². The second kappa shape index (κ2) is 11.9. The topological polar surface area (TPSA) is 134 Å². The SMILES string of the molecule is CC(C)(NC(=O)C(=O)N1[C@H](C(=O)N[C@@H](C[C@@H]2CCNC2=O)C(=O)COC(F)(F)F)C[C@@H]2CCCC[C@@H]21)C(F)(F)F. The molecule has 3 aliphatic rings. The number of hydrogen-bond acceptors (Lipinski definition) is 6. The zero-order valence-electron chi connectivity index (χ0n) is 21.9. The van der Waals surface area contributed by atoms with Crippen LogP contribution in [0.3, 0.4) is 0 Å². The maximum absolute atomic E-state index is 13.4. The standard InChI is InChI=1S/C24H32F6N4O6/c1-22(2,23(25,26)27)33-20(38)21(39)34-15-6-4-3-5-12(15)10-16(34)19(37)32-14(9-13-7-8-31-18(13)36)17(35)11-40-24(28,29)30/h12-16H,3-11H2,1-2H3,(H,31,36)(H,32,37)(H,33,38)/t12-,13-,14-,15-,16-/m0/s1. The summed E-state index contributed by atoms with van der Waals surface area (Å²) in [5, 5.41) is 6.51. The molecule has 1 aliphatic carbocycles. The van der Waals surface area contributed by atoms with Gasteiger partial charge in [-0.05, 0) is 51.9 Å². The van der Waals surface area contributed by atoms with Crippen LogP contribution in [-0.4, -0.2) is 83.7 Å². The molecule has 1 saturated carbocycles. The first kappa shape index (κ1) is 31.6. The molecule has 0 aromatic rings. The normalized spacial score (nSPS) is 26.1. The molecule has 0 aromatic heterocycles. The van der Waals surface area contributed by atoms with Crippen molar-refractivity contribution in [3.8, 4) is 0 Å². The molecule has 3 N–H and O–H groups in total. The van der Waals surface area contributed by atoms with Gasteiger partial charge >= 0.3 is 24.4 Å². The van der Waals surface area contributed by atoms with E-state index < -0.39 is 78.1 Å². The number of nitrogens with zero attached hydrogens (tertiary/aromatic N) is 1. The van der Waals surface area contributed by atoms with Crippen molar-refractivity contribution in [3.63, 3.8) is 0 Å². The van der Waals surface area contributed by atoms with E-state index in [1.807, 2.05) is 0 Å². The lowest BCUT2D eigenvalue weighted by atomic mass is 9.84. The van der Waals surface area contributed by atoms with E-state index >= 15 is 0 Å². The summed E-state index contributed by atoms with van der Waals surface area (Å²) < 4.78 is 81.2. The fraction of sp³-hybridized carbons (Fsp3) is 0.792. The van der Waals surface area contributed by atoms with Gasteiger partial charge < -0.3 is 20.9 Å². The van der Waals surface area contributed by atoms with Crippen LogP contribution in [0.15, 0.2) is 0 Å². The second-order valence-electron chi connectivity index (χ2n) is 10.9. The summed E-state index contributed by atoms with van der Waals surface area (Å²) in [6, 6.07) is -3.57. The molecule has 2 aliphatic heterocycles. The van der Waals surface area contributed by atoms with Gasteiger partial charge in [0.15, 0.2) is 5.78 Å². The van der Waals surface area contributed by atoms with Crippen LogP contribution in [0.2, 0.25) is 0 Å². The molecule has 0 aromatic carbocycles. The third-order valence-electron chi connectivity index (χ3n) is 7.72. The van der Waals surface area contributed by atoms with Gasteiger partial charge in [0, 0.05) is 18.5 Å². The number of fused-ring (bicyclic) bond motifs is 1. The summed E-state index contributed by atoms with van der Waals surface area (Å²) in [4.78, 5) is 64.8. The molecule has 3 fully saturated rings. The van der Waals surface area contributed by atoms with Crippen LogP contribution < -0.4 is 16.0 Å². The van der Waals surface area contributed by atoms with Gasteiger partial charge in [-0.3, -0.25) is 28.7 Å². The fourth-order valence-electron chi connectivity index (χ4n) is 5.46. The summed E-state index contributed by atoms with van der Waals surface area (Å²) in [5.41, 5.74) is -2.75. The first-order chi connectivity index (χ1) is 18.4. The van der Waals surface area contributed by atoms with Crippen LogP contribution in [0.1, 0.15) is 58.8 Å². The zero-order chi connectivity index (χ0) is 30.0. The first-order valence-corrected chi connectivity index (χ1v) is 12.9. The van der Waals surface area contributed by atoms with Gasteiger partial charge in [0.2, 0.25) is 11.8 Å². The molecular formula is C24H32F6N4O6. The van der Waals surface area contributed by atoms with Crippen LogP contribution in [0.4, 0.5) is 26.3 Å². The lowest BCUT2D eigenvalue weighted by molar-refractivity contribution is -0.321. The lowest BCUT2D eigenvalue weighted by Gasteiger charge is -2.35. The highest BCUT2D eigenvalue weighted by Gasteiger charge is 2.53. The number of hydrogen-bond donors (Lipinski definition) is 3. The van der Waals surface area contributed by atoms with Gasteiger partial charge in [-0.25, -0.2) is 0 Å². The molecule has 226 valence electrons. The third-order valence-corrected chi connectivity index (χ3v) is 7.72. The Bertz CT molecular complexity index is 1020. The van der Waals surface area contributed by atoms with Gasteiger partial charge in [-0.2, -0.15) is 13.2 Å². The number of amides is 4. The highest BCUT2D eigenvalue weighted by atomic mass is 19.4. The van der Waals surface area contributed by atoms with Crippen molar-refractivity contribution in [2.75, 3.05) is 13.2 Å². The molecule has 0 bridgehead atoms. The molecule has 3 rings (SSSR count). The Morgan fingerprint density at radius 1 is 1.05 bits per heavy atom. The number of rotatable bonds is 8. The Morgan fingerprint density at radius 3 is 2.27 bits per heavy atom. The van der Waals surface area contributed by atoms with Crippen molar-refractivity contribution >= 4 is 29.4 Å². The molecule has 4 amide bonds. The van der Waals surface area contributed by atoms with Crippen molar-refractivity contribution in [3.05, 3.63) is 0 Å². The Balaban J connectivity index is 1.82. The van der Waals surface area contributed by atoms with E-state index in [1.54, 1.807) is 5.32 Å². The minimum Gasteiger partial charge on any atom is -0.356 e. The van der Waals surface area contributed by atoms with Crippen molar-refractivity contribution in [2.24, 2.45) is 11.8 Å². The number of nitrogens with one attached hydrogen (secondary N) is 3. The first-order valence-electron chi connectivity index (χ1n) is 12.9. The van der Waals surface area contributed by atoms with Gasteiger partial charge in [0.25, 0.3) is 0 Å². The Morgan fingerprint density at radius 2 is 1.70 bits per heavy atom. The molecule has 0 radical (unpaired) electrons. The molecule has 0 spiro atoms. The minimum absolute atomic E-state index is 0.0437. The van der Waals surface area contributed by atoms with E-state index in [-0.39, 0.29) is 31.7 Å². The lowest BCUT2D eigenvalue weighted by Crippen LogP contribution is -2.60. The zero-order valence-corrected chi connectivity index (χ0v) is 21.9. The van der Waals surface area contributed by atoms with E-state index in [2.05, 4.69) is 15.4 Å². The van der Waals surface area contributed by atoms with Gasteiger partial charge in [-0.1, -0.05) is 12.8 Å². The molecule has 0 unspecified atom stereocenters. The van der Waals surface area contributed by atoms with Crippen LogP contribution in [-0.2, 0) is 28.7 Å². The number of carbonyl (C=O) groups excluding carboxylic acids is 5. The van der Waals surface area contributed by atoms with Crippen molar-refractivity contribution in [1.29, 1.82) is 0 Å². The average molecular weight is 587 g/mol. The summed E-state index contributed by atoms with van der Waals surface area (Å²) in [6.45, 7) is 0.188. The van der Waals surface area contributed by atoms with E-state index in [0.29, 0.717) is 33.1 Å². The predicted molar refractivity (Wildman–Crippen MR) is 124 cm³/mol. The molecule has 5 atom stereocenters. The van der Waals surface area contributed by atoms with E-state index in [1.165, 1.54) is 0 Å². The quantitative estimate of drug-likeness (QED) is 0.293. The van der Waals surface area contributed by atoms with Crippen LogP contribution in [0.25, 0.3) is 0 Å². The van der Waals surface area contributed by atoms with E-state index in [0.717, 1.165) is 11.3 Å². The molecule has 16 heteroatoms. The minimum atomic E-state index is -5.13. The molecule has 10 nitrogen and oxygen atoms in total. The second-order valence-corrected chi connectivity index (χ2v) is 10.9.